The van der Waals surface area contributed by atoms with Crippen LogP contribution in [0, 0.1) is 17.8 Å². The number of hydrogen-bond donors (Lipinski definition) is 2. The van der Waals surface area contributed by atoms with Crippen LogP contribution < -0.4 is 10.6 Å². The van der Waals surface area contributed by atoms with Gasteiger partial charge in [-0.05, 0) is 43.7 Å². The van der Waals surface area contributed by atoms with Crippen LogP contribution >= 0.6 is 11.3 Å². The smallest absolute Gasteiger partial charge is 0.226 e. The topological polar surface area (TPSA) is 80.0 Å². The number of carbonyl (C=O) groups excluding carboxylic acids is 1. The van der Waals surface area contributed by atoms with E-state index < -0.39 is 0 Å². The minimum atomic E-state index is 0.0602. The number of rotatable bonds is 7. The van der Waals surface area contributed by atoms with Crippen molar-refractivity contribution < 1.29 is 9.32 Å². The predicted octanol–water partition coefficient (Wildman–Crippen LogP) is 4.05. The third kappa shape index (κ3) is 5.41. The molecule has 2 aliphatic rings. The van der Waals surface area contributed by atoms with E-state index in [1.807, 2.05) is 5.38 Å². The quantitative estimate of drug-likeness (QED) is 0.730. The summed E-state index contributed by atoms with van der Waals surface area (Å²) in [4.78, 5) is 16.5. The minimum Gasteiger partial charge on any atom is -0.361 e. The van der Waals surface area contributed by atoms with Crippen molar-refractivity contribution in [2.75, 3.05) is 18.4 Å². The van der Waals surface area contributed by atoms with Crippen molar-refractivity contribution >= 4 is 22.4 Å². The lowest BCUT2D eigenvalue weighted by Gasteiger charge is -2.31. The molecule has 0 bridgehead atoms. The van der Waals surface area contributed by atoms with Crippen LogP contribution in [-0.4, -0.2) is 29.1 Å². The highest BCUT2D eigenvalue weighted by Gasteiger charge is 2.28. The van der Waals surface area contributed by atoms with Crippen molar-refractivity contribution in [1.82, 2.24) is 15.5 Å². The highest BCUT2D eigenvalue weighted by atomic mass is 32.1. The summed E-state index contributed by atoms with van der Waals surface area (Å²) in [6.45, 7) is 1.90. The van der Waals surface area contributed by atoms with E-state index >= 15 is 0 Å². The molecule has 2 atom stereocenters. The number of nitrogens with one attached hydrogen (secondary N) is 2. The van der Waals surface area contributed by atoms with E-state index in [9.17, 15) is 4.79 Å². The molecule has 152 valence electrons. The molecule has 2 aromatic rings. The molecule has 2 fully saturated rings. The standard InChI is InChI=1S/C21H30N4O2S/c26-20(24-21-23-8-9-28-21)12-16-6-7-22-14-17(16)11-18-13-19(27-25-18)10-15-4-2-1-3-5-15/h8-9,13,15-17,22H,1-7,10-12,14H2,(H,23,24,26). The molecule has 1 saturated heterocycles. The van der Waals surface area contributed by atoms with Gasteiger partial charge in [-0.3, -0.25) is 4.79 Å². The lowest BCUT2D eigenvalue weighted by Crippen LogP contribution is -2.39. The third-order valence-electron chi connectivity index (χ3n) is 6.19. The molecule has 1 saturated carbocycles. The number of amides is 1. The maximum atomic E-state index is 12.4. The first-order chi connectivity index (χ1) is 13.8. The zero-order valence-electron chi connectivity index (χ0n) is 16.4. The molecule has 0 radical (unpaired) electrons. The minimum absolute atomic E-state index is 0.0602. The van der Waals surface area contributed by atoms with Gasteiger partial charge < -0.3 is 15.2 Å². The Bertz CT molecular complexity index is 739. The fourth-order valence-electron chi connectivity index (χ4n) is 4.67. The van der Waals surface area contributed by atoms with Crippen molar-refractivity contribution in [2.24, 2.45) is 17.8 Å². The Balaban J connectivity index is 1.31. The van der Waals surface area contributed by atoms with Gasteiger partial charge in [0.05, 0.1) is 5.69 Å². The molecule has 3 heterocycles. The molecular weight excluding hydrogens is 372 g/mol. The van der Waals surface area contributed by atoms with Crippen LogP contribution in [0.1, 0.15) is 56.4 Å². The molecule has 7 heteroatoms. The molecule has 28 heavy (non-hydrogen) atoms. The second kappa shape index (κ2) is 9.65. The van der Waals surface area contributed by atoms with Crippen LogP contribution in [0.2, 0.25) is 0 Å². The van der Waals surface area contributed by atoms with E-state index in [0.717, 1.165) is 49.7 Å². The summed E-state index contributed by atoms with van der Waals surface area (Å²) in [5.74, 6) is 2.62. The van der Waals surface area contributed by atoms with Crippen molar-refractivity contribution in [2.45, 2.75) is 57.8 Å². The number of aromatic nitrogens is 2. The number of nitrogens with zero attached hydrogens (tertiary/aromatic N) is 2. The molecule has 2 aromatic heterocycles. The second-order valence-corrected chi connectivity index (χ2v) is 9.19. The first kappa shape index (κ1) is 19.6. The first-order valence-electron chi connectivity index (χ1n) is 10.6. The monoisotopic (exact) mass is 402 g/mol. The highest BCUT2D eigenvalue weighted by molar-refractivity contribution is 7.13. The molecule has 1 aliphatic heterocycles. The average Bonchev–Trinajstić information content (AvgIpc) is 3.36. The van der Waals surface area contributed by atoms with Crippen molar-refractivity contribution in [1.29, 1.82) is 0 Å². The number of hydrogen-bond acceptors (Lipinski definition) is 6. The van der Waals surface area contributed by atoms with Gasteiger partial charge in [-0.1, -0.05) is 37.3 Å². The Morgan fingerprint density at radius 3 is 2.93 bits per heavy atom. The summed E-state index contributed by atoms with van der Waals surface area (Å²) in [5, 5.41) is 13.3. The molecule has 6 nitrogen and oxygen atoms in total. The van der Waals surface area contributed by atoms with Crippen LogP contribution in [0.15, 0.2) is 22.2 Å². The van der Waals surface area contributed by atoms with Crippen LogP contribution in [0.3, 0.4) is 0 Å². The summed E-state index contributed by atoms with van der Waals surface area (Å²) in [5.41, 5.74) is 1.03. The van der Waals surface area contributed by atoms with Crippen molar-refractivity contribution in [3.63, 3.8) is 0 Å². The number of thiazole rings is 1. The van der Waals surface area contributed by atoms with Crippen LogP contribution in [0.5, 0.6) is 0 Å². The summed E-state index contributed by atoms with van der Waals surface area (Å²) < 4.78 is 5.64. The van der Waals surface area contributed by atoms with Crippen molar-refractivity contribution in [3.05, 3.63) is 29.1 Å². The van der Waals surface area contributed by atoms with E-state index in [4.69, 9.17) is 4.52 Å². The Morgan fingerprint density at radius 2 is 2.11 bits per heavy atom. The lowest BCUT2D eigenvalue weighted by molar-refractivity contribution is -0.117. The normalized spacial score (nSPS) is 23.6. The Kier molecular flexibility index (Phi) is 6.75. The number of anilines is 1. The van der Waals surface area contributed by atoms with E-state index in [-0.39, 0.29) is 5.91 Å². The van der Waals surface area contributed by atoms with E-state index in [1.54, 1.807) is 6.20 Å². The molecule has 1 amide bonds. The molecular formula is C21H30N4O2S. The maximum absolute atomic E-state index is 12.4. The maximum Gasteiger partial charge on any atom is 0.226 e. The van der Waals surface area contributed by atoms with Crippen LogP contribution in [0.4, 0.5) is 5.13 Å². The van der Waals surface area contributed by atoms with Gasteiger partial charge >= 0.3 is 0 Å². The van der Waals surface area contributed by atoms with Gasteiger partial charge in [0.15, 0.2) is 5.13 Å². The van der Waals surface area contributed by atoms with Crippen LogP contribution in [0.25, 0.3) is 0 Å². The SMILES string of the molecule is O=C(CC1CCNCC1Cc1cc(CC2CCCCC2)on1)Nc1nccs1. The molecule has 0 spiro atoms. The van der Waals surface area contributed by atoms with Gasteiger partial charge in [0.1, 0.15) is 5.76 Å². The lowest BCUT2D eigenvalue weighted by atomic mass is 9.81. The van der Waals surface area contributed by atoms with Gasteiger partial charge in [0.2, 0.25) is 5.91 Å². The summed E-state index contributed by atoms with van der Waals surface area (Å²) >= 11 is 1.46. The summed E-state index contributed by atoms with van der Waals surface area (Å²) in [6.07, 6.45) is 11.9. The molecule has 0 aromatic carbocycles. The fraction of sp³-hybridized carbons (Fsp3) is 0.667. The average molecular weight is 403 g/mol. The molecule has 2 N–H and O–H groups in total. The zero-order valence-corrected chi connectivity index (χ0v) is 17.2. The van der Waals surface area contributed by atoms with Gasteiger partial charge in [-0.2, -0.15) is 0 Å². The van der Waals surface area contributed by atoms with E-state index in [1.165, 1.54) is 43.4 Å². The largest absolute Gasteiger partial charge is 0.361 e. The van der Waals surface area contributed by atoms with Crippen LogP contribution in [-0.2, 0) is 17.6 Å². The fourth-order valence-corrected chi connectivity index (χ4v) is 5.22. The first-order valence-corrected chi connectivity index (χ1v) is 11.5. The summed E-state index contributed by atoms with van der Waals surface area (Å²) in [7, 11) is 0. The predicted molar refractivity (Wildman–Crippen MR) is 110 cm³/mol. The molecule has 1 aliphatic carbocycles. The van der Waals surface area contributed by atoms with Gasteiger partial charge in [-0.15, -0.1) is 11.3 Å². The summed E-state index contributed by atoms with van der Waals surface area (Å²) in [6, 6.07) is 2.15. The van der Waals surface area contributed by atoms with E-state index in [2.05, 4.69) is 26.8 Å². The Labute approximate surface area is 170 Å². The molecule has 2 unspecified atom stereocenters. The zero-order chi connectivity index (χ0) is 19.2. The van der Waals surface area contributed by atoms with E-state index in [0.29, 0.717) is 23.4 Å². The van der Waals surface area contributed by atoms with Crippen molar-refractivity contribution in [3.8, 4) is 0 Å². The van der Waals surface area contributed by atoms with Gasteiger partial charge in [-0.25, -0.2) is 4.98 Å². The Morgan fingerprint density at radius 1 is 1.21 bits per heavy atom. The van der Waals surface area contributed by atoms with Gasteiger partial charge in [0.25, 0.3) is 0 Å². The van der Waals surface area contributed by atoms with Gasteiger partial charge in [0, 0.05) is 30.5 Å². The molecule has 4 rings (SSSR count). The number of piperidine rings is 1. The Hall–Kier alpha value is -1.73. The third-order valence-corrected chi connectivity index (χ3v) is 6.87. The number of carbonyl (C=O) groups is 1. The highest BCUT2D eigenvalue weighted by Crippen LogP contribution is 2.29. The second-order valence-electron chi connectivity index (χ2n) is 8.30.